The molecule has 0 radical (unpaired) electrons. The largest absolute Gasteiger partial charge is 0.494 e. The second kappa shape index (κ2) is 45.9. The van der Waals surface area contributed by atoms with E-state index in [-0.39, 0.29) is 59.5 Å². The van der Waals surface area contributed by atoms with Crippen LogP contribution >= 0.6 is 0 Å². The Morgan fingerprint density at radius 1 is 0.245 bits per heavy atom. The van der Waals surface area contributed by atoms with Crippen LogP contribution < -0.4 is 37.9 Å². The Balaban J connectivity index is 0.000000308. The number of methoxy groups -OCH3 is 2. The monoisotopic (exact) mass is 1500 g/mol. The summed E-state index contributed by atoms with van der Waals surface area (Å²) in [4.78, 5) is 121. The summed E-state index contributed by atoms with van der Waals surface area (Å²) in [7, 11) is 2.78. The van der Waals surface area contributed by atoms with Crippen molar-refractivity contribution in [1.29, 1.82) is 0 Å². The van der Waals surface area contributed by atoms with Crippen LogP contribution in [-0.4, -0.2) is 127 Å². The Morgan fingerprint density at radius 3 is 0.827 bits per heavy atom. The van der Waals surface area contributed by atoms with Crippen molar-refractivity contribution < 1.29 is 114 Å². The summed E-state index contributed by atoms with van der Waals surface area (Å²) in [6.07, 6.45) is 11.9. The van der Waals surface area contributed by atoms with E-state index in [1.54, 1.807) is 133 Å². The highest BCUT2D eigenvalue weighted by atomic mass is 16.6. The molecule has 0 aromatic heterocycles. The molecule has 0 amide bonds. The van der Waals surface area contributed by atoms with Crippen LogP contribution in [0, 0.1) is 0 Å². The molecule has 0 N–H and O–H groups in total. The van der Waals surface area contributed by atoms with Crippen molar-refractivity contribution in [2.45, 2.75) is 64.2 Å². The zero-order chi connectivity index (χ0) is 78.8. The molecule has 572 valence electrons. The fourth-order valence-corrected chi connectivity index (χ4v) is 9.85. The van der Waals surface area contributed by atoms with Crippen molar-refractivity contribution in [3.8, 4) is 68.2 Å². The highest BCUT2D eigenvalue weighted by Crippen LogP contribution is 2.33. The summed E-state index contributed by atoms with van der Waals surface area (Å²) in [6, 6.07) is 49.1. The molecule has 0 aliphatic carbocycles. The Labute approximate surface area is 636 Å². The van der Waals surface area contributed by atoms with Crippen LogP contribution in [0.4, 0.5) is 0 Å². The molecule has 0 aliphatic rings. The molecule has 0 bridgehead atoms. The third-order valence-electron chi connectivity index (χ3n) is 15.7. The molecule has 24 nitrogen and oxygen atoms in total. The van der Waals surface area contributed by atoms with E-state index in [0.717, 1.165) is 91.5 Å². The molecular formula is C86H84O24. The summed E-state index contributed by atoms with van der Waals surface area (Å²) in [6.45, 7) is 15.6. The summed E-state index contributed by atoms with van der Waals surface area (Å²) in [5.74, 6) is -3.02. The SMILES string of the molecule is C=CC(=O)OCCCCCCOC(=O)c1ccc(-c2ccc(OC(=O)c3ccc(OC(=O)c4ccc(OCCCCCCOC(=O)C=C)cc4)c(OC)c3)cc2)cc1.C=CC(=O)OCCCOC(=O)c1ccc(-c2ccc(OC(=O)c3ccc(OC(=O)c4ccc(OCCCOC(=O)C=C)cc4)c(OC)c3)cc2)cc1. The van der Waals surface area contributed by atoms with Crippen LogP contribution in [0.15, 0.2) is 233 Å². The van der Waals surface area contributed by atoms with Crippen molar-refractivity contribution in [1.82, 2.24) is 0 Å². The minimum atomic E-state index is -0.653. The van der Waals surface area contributed by atoms with Gasteiger partial charge in [-0.25, -0.2) is 47.9 Å². The smallest absolute Gasteiger partial charge is 0.343 e. The number of esters is 10. The molecule has 0 heterocycles. The molecule has 0 saturated heterocycles. The van der Waals surface area contributed by atoms with Crippen molar-refractivity contribution >= 4 is 59.7 Å². The Morgan fingerprint density at radius 2 is 0.491 bits per heavy atom. The van der Waals surface area contributed by atoms with E-state index in [1.165, 1.54) is 50.6 Å². The topological polar surface area (TPSA) is 300 Å². The van der Waals surface area contributed by atoms with Gasteiger partial charge in [-0.1, -0.05) is 74.8 Å². The van der Waals surface area contributed by atoms with Gasteiger partial charge in [0.1, 0.15) is 23.0 Å². The Kier molecular flexibility index (Phi) is 35.0. The van der Waals surface area contributed by atoms with Crippen LogP contribution in [0.5, 0.6) is 46.0 Å². The molecule has 8 aromatic rings. The number of unbranched alkanes of at least 4 members (excludes halogenated alkanes) is 6. The average Bonchev–Trinajstić information content (AvgIpc) is 0.835. The standard InChI is InChI=1S/C46H48O12.C40H36O12/c1-4-42(47)54-29-11-7-6-10-28-53-38-23-20-36(21-24-38)45(50)58-40-27-22-37(32-41(40)52-3)46(51)57-39-25-18-34(19-26-39)33-14-16-35(17-15-33)44(49)56-31-13-9-8-12-30-55-43(48)5-2;1-4-36(41)48-23-6-22-47-32-17-14-30(15-18-32)39(44)52-34-21-16-31(26-35(34)46-3)40(45)51-33-19-12-28(13-20-33)27-8-10-29(11-9-27)38(43)50-25-7-24-49-37(42)5-2/h4-5,14-27,32H,1-2,6-13,28-31H2,3H3;4-5,8-21,26H,1-2,6-7,22-25H2,3H3. The number of hydrogen-bond donors (Lipinski definition) is 0. The molecule has 0 fully saturated rings. The van der Waals surface area contributed by atoms with Gasteiger partial charge in [-0.3, -0.25) is 0 Å². The van der Waals surface area contributed by atoms with Crippen LogP contribution in [-0.2, 0) is 47.6 Å². The van der Waals surface area contributed by atoms with Crippen LogP contribution in [0.3, 0.4) is 0 Å². The first-order valence-electron chi connectivity index (χ1n) is 35.0. The molecule has 24 heteroatoms. The molecule has 0 unspecified atom stereocenters. The van der Waals surface area contributed by atoms with Gasteiger partial charge in [-0.15, -0.1) is 0 Å². The molecule has 0 saturated carbocycles. The second-order valence-corrected chi connectivity index (χ2v) is 23.5. The molecule has 8 rings (SSSR count). The van der Waals surface area contributed by atoms with E-state index in [1.807, 2.05) is 12.1 Å². The number of benzene rings is 8. The molecule has 0 atom stereocenters. The third-order valence-corrected chi connectivity index (χ3v) is 15.7. The summed E-state index contributed by atoms with van der Waals surface area (Å²) >= 11 is 0. The number of carbonyl (C=O) groups is 10. The maximum atomic E-state index is 13.0. The molecule has 110 heavy (non-hydrogen) atoms. The van der Waals surface area contributed by atoms with Crippen LogP contribution in [0.25, 0.3) is 22.3 Å². The quantitative estimate of drug-likeness (QED) is 0.0113. The molecule has 0 aliphatic heterocycles. The van der Waals surface area contributed by atoms with Gasteiger partial charge in [0, 0.05) is 37.1 Å². The van der Waals surface area contributed by atoms with Gasteiger partial charge in [0.15, 0.2) is 23.0 Å². The third kappa shape index (κ3) is 28.5. The highest BCUT2D eigenvalue weighted by molar-refractivity contribution is 5.96. The van der Waals surface area contributed by atoms with Gasteiger partial charge in [0.25, 0.3) is 0 Å². The van der Waals surface area contributed by atoms with Gasteiger partial charge in [-0.2, -0.15) is 0 Å². The predicted molar refractivity (Wildman–Crippen MR) is 405 cm³/mol. The number of ether oxygens (including phenoxy) is 14. The maximum absolute atomic E-state index is 13.0. The van der Waals surface area contributed by atoms with Crippen LogP contribution in [0.1, 0.15) is 126 Å². The van der Waals surface area contributed by atoms with E-state index in [0.29, 0.717) is 92.0 Å². The van der Waals surface area contributed by atoms with Crippen molar-refractivity contribution in [2.24, 2.45) is 0 Å². The van der Waals surface area contributed by atoms with E-state index in [2.05, 4.69) is 26.3 Å². The van der Waals surface area contributed by atoms with Gasteiger partial charge in [0.05, 0.1) is 100 Å². The zero-order valence-electron chi connectivity index (χ0n) is 61.0. The summed E-state index contributed by atoms with van der Waals surface area (Å²) in [5, 5.41) is 0. The van der Waals surface area contributed by atoms with Crippen LogP contribution in [0.2, 0.25) is 0 Å². The Bertz CT molecular complexity index is 4430. The van der Waals surface area contributed by atoms with E-state index in [9.17, 15) is 47.9 Å². The predicted octanol–water partition coefficient (Wildman–Crippen LogP) is 15.5. The average molecular weight is 1500 g/mol. The first kappa shape index (κ1) is 83.9. The highest BCUT2D eigenvalue weighted by Gasteiger charge is 2.21. The lowest BCUT2D eigenvalue weighted by atomic mass is 10.0. The fraction of sp³-hybridized carbons (Fsp3) is 0.233. The molecule has 0 spiro atoms. The van der Waals surface area contributed by atoms with Crippen molar-refractivity contribution in [2.75, 3.05) is 67.1 Å². The second-order valence-electron chi connectivity index (χ2n) is 23.5. The number of carbonyl (C=O) groups excluding carboxylic acids is 10. The van der Waals surface area contributed by atoms with Gasteiger partial charge >= 0.3 is 59.7 Å². The maximum Gasteiger partial charge on any atom is 0.343 e. The normalized spacial score (nSPS) is 10.3. The minimum absolute atomic E-state index is 0.101. The van der Waals surface area contributed by atoms with Gasteiger partial charge < -0.3 is 66.3 Å². The summed E-state index contributed by atoms with van der Waals surface area (Å²) in [5.41, 5.74) is 5.07. The van der Waals surface area contributed by atoms with Crippen molar-refractivity contribution in [3.05, 3.63) is 266 Å². The summed E-state index contributed by atoms with van der Waals surface area (Å²) < 4.78 is 74.6. The van der Waals surface area contributed by atoms with E-state index >= 15 is 0 Å². The Hall–Kier alpha value is -13.4. The fourth-order valence-electron chi connectivity index (χ4n) is 9.85. The lowest BCUT2D eigenvalue weighted by Gasteiger charge is -2.12. The van der Waals surface area contributed by atoms with Gasteiger partial charge in [-0.05, 0) is 207 Å². The lowest BCUT2D eigenvalue weighted by molar-refractivity contribution is -0.138. The first-order valence-corrected chi connectivity index (χ1v) is 35.0. The number of hydrogen-bond acceptors (Lipinski definition) is 24. The van der Waals surface area contributed by atoms with E-state index < -0.39 is 59.7 Å². The lowest BCUT2D eigenvalue weighted by Crippen LogP contribution is -2.11. The number of rotatable bonds is 42. The molecular weight excluding hydrogens is 1420 g/mol. The van der Waals surface area contributed by atoms with Crippen molar-refractivity contribution in [3.63, 3.8) is 0 Å². The zero-order valence-corrected chi connectivity index (χ0v) is 61.0. The van der Waals surface area contributed by atoms with E-state index in [4.69, 9.17) is 66.3 Å². The van der Waals surface area contributed by atoms with Gasteiger partial charge in [0.2, 0.25) is 0 Å². The first-order chi connectivity index (χ1) is 53.4. The minimum Gasteiger partial charge on any atom is -0.494 e. The molecule has 8 aromatic carbocycles.